The Kier molecular flexibility index (Phi) is 4.13. The molecule has 0 radical (unpaired) electrons. The molecule has 0 spiro atoms. The lowest BCUT2D eigenvalue weighted by molar-refractivity contribution is 0.100. The van der Waals surface area contributed by atoms with Gasteiger partial charge in [0.25, 0.3) is 0 Å². The molecule has 0 atom stereocenters. The van der Waals surface area contributed by atoms with Crippen LogP contribution in [-0.2, 0) is 6.54 Å². The minimum atomic E-state index is -0.394. The highest BCUT2D eigenvalue weighted by Gasteiger charge is 2.03. The second-order valence-electron chi connectivity index (χ2n) is 2.79. The zero-order valence-corrected chi connectivity index (χ0v) is 9.12. The quantitative estimate of drug-likeness (QED) is 0.809. The van der Waals surface area contributed by atoms with Gasteiger partial charge in [-0.15, -0.1) is 11.3 Å². The first-order valence-electron chi connectivity index (χ1n) is 4.01. The van der Waals surface area contributed by atoms with Crippen LogP contribution in [0.15, 0.2) is 23.1 Å². The Bertz CT molecular complexity index is 348. The number of amides is 1. The Labute approximate surface area is 91.6 Å². The molecule has 3 N–H and O–H groups in total. The van der Waals surface area contributed by atoms with E-state index >= 15 is 0 Å². The standard InChI is InChI=1S/C9H11ClN2OS/c1-6(10)3-12-4-8-2-7(5-14-8)9(11)13/h2,5,12H,1,3-4H2,(H2,11,13). The van der Waals surface area contributed by atoms with Gasteiger partial charge < -0.3 is 11.1 Å². The summed E-state index contributed by atoms with van der Waals surface area (Å²) in [6, 6.07) is 1.77. The first-order chi connectivity index (χ1) is 6.59. The second-order valence-corrected chi connectivity index (χ2v) is 4.32. The van der Waals surface area contributed by atoms with Gasteiger partial charge in [-0.3, -0.25) is 4.79 Å². The van der Waals surface area contributed by atoms with Crippen molar-refractivity contribution in [2.24, 2.45) is 5.73 Å². The van der Waals surface area contributed by atoms with Crippen LogP contribution in [0.25, 0.3) is 0 Å². The molecule has 1 aromatic rings. The van der Waals surface area contributed by atoms with Gasteiger partial charge in [0.1, 0.15) is 0 Å². The molecule has 0 fully saturated rings. The van der Waals surface area contributed by atoms with Crippen LogP contribution in [-0.4, -0.2) is 12.5 Å². The second kappa shape index (κ2) is 5.14. The topological polar surface area (TPSA) is 55.1 Å². The Morgan fingerprint density at radius 2 is 2.43 bits per heavy atom. The molecule has 0 aliphatic rings. The van der Waals surface area contributed by atoms with Crippen molar-refractivity contribution in [2.75, 3.05) is 6.54 Å². The molecular formula is C9H11ClN2OS. The van der Waals surface area contributed by atoms with Gasteiger partial charge in [-0.25, -0.2) is 0 Å². The highest BCUT2D eigenvalue weighted by molar-refractivity contribution is 7.10. The van der Waals surface area contributed by atoms with Crippen LogP contribution in [0.4, 0.5) is 0 Å². The molecule has 0 aliphatic heterocycles. The fourth-order valence-corrected chi connectivity index (χ4v) is 1.86. The molecule has 1 amide bonds. The summed E-state index contributed by atoms with van der Waals surface area (Å²) in [6.07, 6.45) is 0. The van der Waals surface area contributed by atoms with E-state index in [1.165, 1.54) is 11.3 Å². The highest BCUT2D eigenvalue weighted by Crippen LogP contribution is 2.13. The number of hydrogen-bond donors (Lipinski definition) is 2. The van der Waals surface area contributed by atoms with Gasteiger partial charge >= 0.3 is 0 Å². The Balaban J connectivity index is 2.44. The van der Waals surface area contributed by atoms with E-state index in [0.717, 1.165) is 4.88 Å². The van der Waals surface area contributed by atoms with E-state index in [2.05, 4.69) is 11.9 Å². The summed E-state index contributed by atoms with van der Waals surface area (Å²) < 4.78 is 0. The van der Waals surface area contributed by atoms with Gasteiger partial charge in [0.2, 0.25) is 5.91 Å². The monoisotopic (exact) mass is 230 g/mol. The average molecular weight is 231 g/mol. The van der Waals surface area contributed by atoms with Crippen molar-refractivity contribution in [3.05, 3.63) is 33.5 Å². The lowest BCUT2D eigenvalue weighted by Gasteiger charge is -1.99. The Hall–Kier alpha value is -0.840. The molecule has 0 saturated carbocycles. The summed E-state index contributed by atoms with van der Waals surface area (Å²) in [5.41, 5.74) is 5.67. The van der Waals surface area contributed by atoms with Crippen molar-refractivity contribution in [3.8, 4) is 0 Å². The molecule has 76 valence electrons. The third-order valence-electron chi connectivity index (χ3n) is 1.55. The first kappa shape index (κ1) is 11.2. The first-order valence-corrected chi connectivity index (χ1v) is 5.26. The summed E-state index contributed by atoms with van der Waals surface area (Å²) >= 11 is 7.07. The van der Waals surface area contributed by atoms with Crippen molar-refractivity contribution in [3.63, 3.8) is 0 Å². The SMILES string of the molecule is C=C(Cl)CNCc1cc(C(N)=O)cs1. The summed E-state index contributed by atoms with van der Waals surface area (Å²) in [5.74, 6) is -0.394. The van der Waals surface area contributed by atoms with E-state index in [-0.39, 0.29) is 0 Å². The van der Waals surface area contributed by atoms with Gasteiger partial charge in [0.15, 0.2) is 0 Å². The molecule has 1 heterocycles. The number of rotatable bonds is 5. The largest absolute Gasteiger partial charge is 0.366 e. The fraction of sp³-hybridized carbons (Fsp3) is 0.222. The minimum Gasteiger partial charge on any atom is -0.366 e. The number of halogens is 1. The van der Waals surface area contributed by atoms with Crippen LogP contribution in [0.1, 0.15) is 15.2 Å². The molecule has 5 heteroatoms. The number of nitrogens with one attached hydrogen (secondary N) is 1. The van der Waals surface area contributed by atoms with Crippen LogP contribution >= 0.6 is 22.9 Å². The third-order valence-corrected chi connectivity index (χ3v) is 2.62. The summed E-state index contributed by atoms with van der Waals surface area (Å²) in [6.45, 7) is 4.78. The number of primary amides is 1. The summed E-state index contributed by atoms with van der Waals surface area (Å²) in [5, 5.41) is 5.39. The Morgan fingerprint density at radius 1 is 1.71 bits per heavy atom. The third kappa shape index (κ3) is 3.49. The minimum absolute atomic E-state index is 0.394. The molecule has 0 aromatic carbocycles. The molecule has 1 aromatic heterocycles. The summed E-state index contributed by atoms with van der Waals surface area (Å²) in [7, 11) is 0. The zero-order chi connectivity index (χ0) is 10.6. The maximum absolute atomic E-state index is 10.8. The number of hydrogen-bond acceptors (Lipinski definition) is 3. The lowest BCUT2D eigenvalue weighted by Crippen LogP contribution is -2.14. The van der Waals surface area contributed by atoms with Crippen LogP contribution < -0.4 is 11.1 Å². The predicted octanol–water partition coefficient (Wildman–Crippen LogP) is 1.69. The van der Waals surface area contributed by atoms with Gasteiger partial charge in [-0.05, 0) is 6.07 Å². The van der Waals surface area contributed by atoms with Gasteiger partial charge in [0, 0.05) is 28.4 Å². The van der Waals surface area contributed by atoms with Crippen molar-refractivity contribution >= 4 is 28.8 Å². The zero-order valence-electron chi connectivity index (χ0n) is 7.55. The molecule has 1 rings (SSSR count). The van der Waals surface area contributed by atoms with E-state index in [9.17, 15) is 4.79 Å². The average Bonchev–Trinajstić information content (AvgIpc) is 2.52. The lowest BCUT2D eigenvalue weighted by atomic mass is 10.3. The van der Waals surface area contributed by atoms with E-state index in [0.29, 0.717) is 23.7 Å². The molecule has 0 unspecified atom stereocenters. The normalized spacial score (nSPS) is 10.1. The van der Waals surface area contributed by atoms with Gasteiger partial charge in [-0.2, -0.15) is 0 Å². The number of carbonyl (C=O) groups excluding carboxylic acids is 1. The predicted molar refractivity (Wildman–Crippen MR) is 59.5 cm³/mol. The molecule has 0 saturated heterocycles. The van der Waals surface area contributed by atoms with Crippen molar-refractivity contribution in [1.82, 2.24) is 5.32 Å². The van der Waals surface area contributed by atoms with Gasteiger partial charge in [-0.1, -0.05) is 18.2 Å². The number of nitrogens with two attached hydrogens (primary N) is 1. The number of carbonyl (C=O) groups is 1. The fourth-order valence-electron chi connectivity index (χ4n) is 0.924. The van der Waals surface area contributed by atoms with Crippen LogP contribution in [0.2, 0.25) is 0 Å². The van der Waals surface area contributed by atoms with Crippen LogP contribution in [0.3, 0.4) is 0 Å². The van der Waals surface area contributed by atoms with Crippen molar-refractivity contribution in [2.45, 2.75) is 6.54 Å². The van der Waals surface area contributed by atoms with Gasteiger partial charge in [0.05, 0.1) is 5.56 Å². The van der Waals surface area contributed by atoms with Crippen molar-refractivity contribution in [1.29, 1.82) is 0 Å². The van der Waals surface area contributed by atoms with Crippen molar-refractivity contribution < 1.29 is 4.79 Å². The Morgan fingerprint density at radius 3 is 2.93 bits per heavy atom. The van der Waals surface area contributed by atoms with E-state index in [1.807, 2.05) is 0 Å². The maximum atomic E-state index is 10.8. The molecular weight excluding hydrogens is 220 g/mol. The maximum Gasteiger partial charge on any atom is 0.249 e. The van der Waals surface area contributed by atoms with Crippen LogP contribution in [0.5, 0.6) is 0 Å². The van der Waals surface area contributed by atoms with Crippen LogP contribution in [0, 0.1) is 0 Å². The number of thiophene rings is 1. The highest BCUT2D eigenvalue weighted by atomic mass is 35.5. The summed E-state index contributed by atoms with van der Waals surface area (Å²) in [4.78, 5) is 11.8. The smallest absolute Gasteiger partial charge is 0.249 e. The van der Waals surface area contributed by atoms with E-state index in [4.69, 9.17) is 17.3 Å². The van der Waals surface area contributed by atoms with E-state index < -0.39 is 5.91 Å². The molecule has 3 nitrogen and oxygen atoms in total. The molecule has 0 aliphatic carbocycles. The molecule has 0 bridgehead atoms. The molecule has 14 heavy (non-hydrogen) atoms. The van der Waals surface area contributed by atoms with E-state index in [1.54, 1.807) is 11.4 Å².